The van der Waals surface area contributed by atoms with Crippen molar-refractivity contribution in [3.63, 3.8) is 0 Å². The highest BCUT2D eigenvalue weighted by Gasteiger charge is 2.09. The second-order valence-corrected chi connectivity index (χ2v) is 3.37. The van der Waals surface area contributed by atoms with Gasteiger partial charge in [-0.3, -0.25) is 0 Å². The lowest BCUT2D eigenvalue weighted by atomic mass is 10.1. The van der Waals surface area contributed by atoms with Crippen molar-refractivity contribution in [2.75, 3.05) is 6.54 Å². The summed E-state index contributed by atoms with van der Waals surface area (Å²) in [6.45, 7) is 0.106. The lowest BCUT2D eigenvalue weighted by molar-refractivity contribution is 0.182. The zero-order valence-corrected chi connectivity index (χ0v) is 7.95. The van der Waals surface area contributed by atoms with E-state index in [1.165, 1.54) is 6.07 Å². The summed E-state index contributed by atoms with van der Waals surface area (Å²) in [5.74, 6) is 0.0577. The summed E-state index contributed by atoms with van der Waals surface area (Å²) in [7, 11) is 0. The highest BCUT2D eigenvalue weighted by atomic mass is 79.9. The second-order valence-electron chi connectivity index (χ2n) is 2.45. The van der Waals surface area contributed by atoms with Crippen LogP contribution in [-0.2, 0) is 0 Å². The molecule has 0 saturated carbocycles. The van der Waals surface area contributed by atoms with Crippen LogP contribution in [0.5, 0.6) is 5.75 Å². The number of hydrogen-bond donors (Lipinski definition) is 3. The van der Waals surface area contributed by atoms with Crippen molar-refractivity contribution >= 4 is 15.9 Å². The van der Waals surface area contributed by atoms with E-state index in [9.17, 15) is 10.2 Å². The maximum Gasteiger partial charge on any atom is 0.122 e. The first-order valence-electron chi connectivity index (χ1n) is 3.51. The van der Waals surface area contributed by atoms with Gasteiger partial charge in [0.2, 0.25) is 0 Å². The number of phenols is 1. The molecular weight excluding hydrogens is 222 g/mol. The molecule has 4 N–H and O–H groups in total. The average molecular weight is 232 g/mol. The first-order chi connectivity index (χ1) is 5.65. The van der Waals surface area contributed by atoms with Crippen LogP contribution in [0, 0.1) is 0 Å². The Morgan fingerprint density at radius 2 is 2.17 bits per heavy atom. The monoisotopic (exact) mass is 231 g/mol. The van der Waals surface area contributed by atoms with Gasteiger partial charge in [0.25, 0.3) is 0 Å². The van der Waals surface area contributed by atoms with E-state index < -0.39 is 6.10 Å². The topological polar surface area (TPSA) is 66.5 Å². The summed E-state index contributed by atoms with van der Waals surface area (Å²) < 4.78 is 0.771. The van der Waals surface area contributed by atoms with E-state index in [0.29, 0.717) is 5.56 Å². The van der Waals surface area contributed by atoms with E-state index in [2.05, 4.69) is 15.9 Å². The Morgan fingerprint density at radius 3 is 2.67 bits per heavy atom. The van der Waals surface area contributed by atoms with Crippen molar-refractivity contribution in [1.82, 2.24) is 0 Å². The molecule has 0 radical (unpaired) electrons. The fourth-order valence-electron chi connectivity index (χ4n) is 0.926. The predicted octanol–water partition coefficient (Wildman–Crippen LogP) is 1.15. The highest BCUT2D eigenvalue weighted by molar-refractivity contribution is 9.10. The number of phenolic OH excluding ortho intramolecular Hbond substituents is 1. The Hall–Kier alpha value is -0.580. The fourth-order valence-corrected chi connectivity index (χ4v) is 1.27. The average Bonchev–Trinajstić information content (AvgIpc) is 2.03. The second kappa shape index (κ2) is 3.89. The molecule has 0 aliphatic carbocycles. The van der Waals surface area contributed by atoms with Crippen molar-refractivity contribution in [1.29, 1.82) is 0 Å². The van der Waals surface area contributed by atoms with Crippen LogP contribution < -0.4 is 5.73 Å². The van der Waals surface area contributed by atoms with E-state index in [0.717, 1.165) is 4.47 Å². The molecule has 0 aliphatic heterocycles. The van der Waals surface area contributed by atoms with Crippen molar-refractivity contribution in [2.24, 2.45) is 5.73 Å². The first kappa shape index (κ1) is 9.51. The highest BCUT2D eigenvalue weighted by Crippen LogP contribution is 2.26. The van der Waals surface area contributed by atoms with Gasteiger partial charge in [0.15, 0.2) is 0 Å². The van der Waals surface area contributed by atoms with Gasteiger partial charge in [0.05, 0.1) is 6.10 Å². The Labute approximate surface area is 79.0 Å². The largest absolute Gasteiger partial charge is 0.508 e. The number of aliphatic hydroxyl groups is 1. The van der Waals surface area contributed by atoms with Crippen LogP contribution in [0.2, 0.25) is 0 Å². The zero-order valence-electron chi connectivity index (χ0n) is 6.37. The molecule has 0 aromatic heterocycles. The number of aliphatic hydroxyl groups excluding tert-OH is 1. The third kappa shape index (κ3) is 1.97. The molecule has 1 atom stereocenters. The molecule has 1 aromatic rings. The number of halogens is 1. The SMILES string of the molecule is NC[C@@H](O)c1ccc(Br)cc1O. The van der Waals surface area contributed by atoms with Gasteiger partial charge in [-0.15, -0.1) is 0 Å². The molecule has 1 aromatic carbocycles. The standard InChI is InChI=1S/C8H10BrNO2/c9-5-1-2-6(7(11)3-5)8(12)4-10/h1-3,8,11-12H,4,10H2/t8-/m1/s1. The summed E-state index contributed by atoms with van der Waals surface area (Å²) >= 11 is 3.19. The van der Waals surface area contributed by atoms with Crippen LogP contribution in [0.15, 0.2) is 22.7 Å². The summed E-state index contributed by atoms with van der Waals surface area (Å²) in [4.78, 5) is 0. The molecule has 3 nitrogen and oxygen atoms in total. The van der Waals surface area contributed by atoms with Crippen LogP contribution in [-0.4, -0.2) is 16.8 Å². The summed E-state index contributed by atoms with van der Waals surface area (Å²) in [6, 6.07) is 4.90. The summed E-state index contributed by atoms with van der Waals surface area (Å²) in [5, 5.41) is 18.6. The number of hydrogen-bond acceptors (Lipinski definition) is 3. The van der Waals surface area contributed by atoms with E-state index in [-0.39, 0.29) is 12.3 Å². The van der Waals surface area contributed by atoms with Crippen LogP contribution in [0.1, 0.15) is 11.7 Å². The van der Waals surface area contributed by atoms with E-state index in [4.69, 9.17) is 5.73 Å². The van der Waals surface area contributed by atoms with Crippen molar-refractivity contribution in [3.05, 3.63) is 28.2 Å². The zero-order chi connectivity index (χ0) is 9.14. The Morgan fingerprint density at radius 1 is 1.50 bits per heavy atom. The Bertz CT molecular complexity index is 278. The van der Waals surface area contributed by atoms with Gasteiger partial charge in [-0.1, -0.05) is 22.0 Å². The van der Waals surface area contributed by atoms with Gasteiger partial charge in [-0.05, 0) is 12.1 Å². The molecule has 0 bridgehead atoms. The number of rotatable bonds is 2. The maximum absolute atomic E-state index is 9.35. The molecule has 0 unspecified atom stereocenters. The van der Waals surface area contributed by atoms with Crippen LogP contribution in [0.3, 0.4) is 0 Å². The molecule has 66 valence electrons. The van der Waals surface area contributed by atoms with Gasteiger partial charge >= 0.3 is 0 Å². The summed E-state index contributed by atoms with van der Waals surface area (Å²) in [5.41, 5.74) is 5.70. The number of aromatic hydroxyl groups is 1. The van der Waals surface area contributed by atoms with E-state index in [1.54, 1.807) is 12.1 Å². The molecule has 12 heavy (non-hydrogen) atoms. The molecule has 0 amide bonds. The van der Waals surface area contributed by atoms with Crippen LogP contribution in [0.25, 0.3) is 0 Å². The molecule has 1 rings (SSSR count). The smallest absolute Gasteiger partial charge is 0.122 e. The fraction of sp³-hybridized carbons (Fsp3) is 0.250. The third-order valence-electron chi connectivity index (χ3n) is 1.57. The minimum atomic E-state index is -0.793. The molecule has 0 saturated heterocycles. The Kier molecular flexibility index (Phi) is 3.08. The minimum Gasteiger partial charge on any atom is -0.508 e. The van der Waals surface area contributed by atoms with Gasteiger partial charge in [-0.2, -0.15) is 0 Å². The molecule has 0 spiro atoms. The predicted molar refractivity (Wildman–Crippen MR) is 49.8 cm³/mol. The lowest BCUT2D eigenvalue weighted by Crippen LogP contribution is -2.11. The van der Waals surface area contributed by atoms with Gasteiger partial charge in [0.1, 0.15) is 5.75 Å². The van der Waals surface area contributed by atoms with E-state index in [1.807, 2.05) is 0 Å². The Balaban J connectivity index is 3.01. The van der Waals surface area contributed by atoms with Crippen LogP contribution >= 0.6 is 15.9 Å². The molecule has 0 aliphatic rings. The molecular formula is C8H10BrNO2. The van der Waals surface area contributed by atoms with Crippen molar-refractivity contribution in [3.8, 4) is 5.75 Å². The van der Waals surface area contributed by atoms with E-state index >= 15 is 0 Å². The maximum atomic E-state index is 9.35. The normalized spacial score (nSPS) is 12.9. The number of nitrogens with two attached hydrogens (primary N) is 1. The van der Waals surface area contributed by atoms with Crippen LogP contribution in [0.4, 0.5) is 0 Å². The number of benzene rings is 1. The molecule has 4 heteroatoms. The van der Waals surface area contributed by atoms with Gasteiger partial charge < -0.3 is 15.9 Å². The molecule has 0 heterocycles. The first-order valence-corrected chi connectivity index (χ1v) is 4.31. The molecule has 0 fully saturated rings. The summed E-state index contributed by atoms with van der Waals surface area (Å²) in [6.07, 6.45) is -0.793. The van der Waals surface area contributed by atoms with Gasteiger partial charge in [-0.25, -0.2) is 0 Å². The third-order valence-corrected chi connectivity index (χ3v) is 2.07. The minimum absolute atomic E-state index is 0.0577. The van der Waals surface area contributed by atoms with Gasteiger partial charge in [0, 0.05) is 16.6 Å². The lowest BCUT2D eigenvalue weighted by Gasteiger charge is -2.09. The van der Waals surface area contributed by atoms with Crippen molar-refractivity contribution < 1.29 is 10.2 Å². The quantitative estimate of drug-likeness (QED) is 0.716. The van der Waals surface area contributed by atoms with Crippen molar-refractivity contribution in [2.45, 2.75) is 6.10 Å².